The van der Waals surface area contributed by atoms with Crippen LogP contribution < -0.4 is 0 Å². The lowest BCUT2D eigenvalue weighted by atomic mass is 10.0. The van der Waals surface area contributed by atoms with Gasteiger partial charge in [0.1, 0.15) is 0 Å². The smallest absolute Gasteiger partial charge is 0.243 e. The number of benzene rings is 1. The summed E-state index contributed by atoms with van der Waals surface area (Å²) in [7, 11) is -1.41. The van der Waals surface area contributed by atoms with E-state index in [9.17, 15) is 8.42 Å². The highest BCUT2D eigenvalue weighted by atomic mass is 32.2. The molecule has 0 unspecified atom stereocenters. The summed E-state index contributed by atoms with van der Waals surface area (Å²) in [5.41, 5.74) is 1.05. The zero-order chi connectivity index (χ0) is 15.9. The molecule has 3 rings (SSSR count). The Labute approximate surface area is 132 Å². The summed E-state index contributed by atoms with van der Waals surface area (Å²) >= 11 is 0. The molecule has 22 heavy (non-hydrogen) atoms. The first kappa shape index (κ1) is 15.9. The first-order valence-corrected chi connectivity index (χ1v) is 9.25. The summed E-state index contributed by atoms with van der Waals surface area (Å²) in [6, 6.07) is 7.45. The van der Waals surface area contributed by atoms with Crippen molar-refractivity contribution in [3.63, 3.8) is 0 Å². The predicted octanol–water partition coefficient (Wildman–Crippen LogP) is 1.51. The van der Waals surface area contributed by atoms with Gasteiger partial charge in [-0.05, 0) is 30.7 Å². The molecule has 0 aliphatic carbocycles. The highest BCUT2D eigenvalue weighted by molar-refractivity contribution is 7.89. The van der Waals surface area contributed by atoms with Gasteiger partial charge in [0.15, 0.2) is 0 Å². The molecule has 0 N–H and O–H groups in total. The minimum Gasteiger partial charge on any atom is -0.374 e. The Morgan fingerprint density at radius 2 is 2.05 bits per heavy atom. The van der Waals surface area contributed by atoms with E-state index >= 15 is 0 Å². The molecule has 2 fully saturated rings. The van der Waals surface area contributed by atoms with Crippen molar-refractivity contribution >= 4 is 10.0 Å². The number of hydrogen-bond acceptors (Lipinski definition) is 4. The van der Waals surface area contributed by atoms with Crippen molar-refractivity contribution in [2.45, 2.75) is 36.8 Å². The highest BCUT2D eigenvalue weighted by Crippen LogP contribution is 2.28. The second-order valence-corrected chi connectivity index (χ2v) is 8.44. The average Bonchev–Trinajstić information content (AvgIpc) is 2.94. The van der Waals surface area contributed by atoms with Crippen LogP contribution in [0.25, 0.3) is 0 Å². The number of nitrogens with zero attached hydrogens (tertiary/aromatic N) is 2. The van der Waals surface area contributed by atoms with E-state index in [0.717, 1.165) is 12.1 Å². The zero-order valence-corrected chi connectivity index (χ0v) is 14.2. The van der Waals surface area contributed by atoms with Gasteiger partial charge >= 0.3 is 0 Å². The molecule has 1 aromatic rings. The quantitative estimate of drug-likeness (QED) is 0.846. The van der Waals surface area contributed by atoms with Gasteiger partial charge in [-0.3, -0.25) is 4.90 Å². The molecule has 122 valence electrons. The second-order valence-electron chi connectivity index (χ2n) is 6.51. The van der Waals surface area contributed by atoms with Crippen molar-refractivity contribution < 1.29 is 13.2 Å². The Morgan fingerprint density at radius 1 is 1.27 bits per heavy atom. The third-order valence-corrected chi connectivity index (χ3v) is 6.54. The normalized spacial score (nSPS) is 27.3. The molecule has 2 heterocycles. The standard InChI is InChI=1S/C16H24N2O3S/c1-12(2)13-5-4-6-14(9-13)22(19,20)18-10-15-16(11-18)21-8-7-17(15)3/h4-6,9,12,15-16H,7-8,10-11H2,1-3H3/t15-,16+/m0/s1. The monoisotopic (exact) mass is 324 g/mol. The molecule has 0 radical (unpaired) electrons. The van der Waals surface area contributed by atoms with Crippen molar-refractivity contribution in [3.8, 4) is 0 Å². The number of sulfonamides is 1. The van der Waals surface area contributed by atoms with Crippen LogP contribution in [0.15, 0.2) is 29.2 Å². The van der Waals surface area contributed by atoms with E-state index < -0.39 is 10.0 Å². The molecule has 2 atom stereocenters. The summed E-state index contributed by atoms with van der Waals surface area (Å²) in [6.07, 6.45) is -0.0122. The van der Waals surface area contributed by atoms with Gasteiger partial charge in [-0.1, -0.05) is 26.0 Å². The summed E-state index contributed by atoms with van der Waals surface area (Å²) in [5, 5.41) is 0. The fraction of sp³-hybridized carbons (Fsp3) is 0.625. The lowest BCUT2D eigenvalue weighted by Gasteiger charge is -2.33. The van der Waals surface area contributed by atoms with Crippen LogP contribution in [-0.2, 0) is 14.8 Å². The maximum atomic E-state index is 12.9. The van der Waals surface area contributed by atoms with Crippen molar-refractivity contribution in [2.24, 2.45) is 0 Å². The van der Waals surface area contributed by atoms with Gasteiger partial charge in [-0.15, -0.1) is 0 Å². The molecule has 2 saturated heterocycles. The minimum atomic E-state index is -3.45. The van der Waals surface area contributed by atoms with Crippen molar-refractivity contribution in [1.29, 1.82) is 0 Å². The minimum absolute atomic E-state index is 0.0122. The third-order valence-electron chi connectivity index (χ3n) is 4.71. The third kappa shape index (κ3) is 2.80. The van der Waals surface area contributed by atoms with E-state index in [-0.39, 0.29) is 12.1 Å². The number of likely N-dealkylation sites (N-methyl/N-ethyl adjacent to an activating group) is 1. The van der Waals surface area contributed by atoms with Crippen LogP contribution in [0.4, 0.5) is 0 Å². The number of hydrogen-bond donors (Lipinski definition) is 0. The number of ether oxygens (including phenoxy) is 1. The van der Waals surface area contributed by atoms with Gasteiger partial charge in [0.25, 0.3) is 0 Å². The van der Waals surface area contributed by atoms with Crippen LogP contribution >= 0.6 is 0 Å². The SMILES string of the molecule is CC(C)c1cccc(S(=O)(=O)N2C[C@H]3OCCN(C)[C@H]3C2)c1. The second kappa shape index (κ2) is 5.92. The Hall–Kier alpha value is -0.950. The maximum absolute atomic E-state index is 12.9. The molecule has 0 aromatic heterocycles. The molecular weight excluding hydrogens is 300 g/mol. The largest absolute Gasteiger partial charge is 0.374 e. The van der Waals surface area contributed by atoms with Gasteiger partial charge in [-0.2, -0.15) is 4.31 Å². The van der Waals surface area contributed by atoms with E-state index in [1.807, 2.05) is 19.2 Å². The molecule has 2 aliphatic rings. The van der Waals surface area contributed by atoms with Gasteiger partial charge < -0.3 is 4.74 Å². The molecule has 0 saturated carbocycles. The van der Waals surface area contributed by atoms with Crippen molar-refractivity contribution in [3.05, 3.63) is 29.8 Å². The lowest BCUT2D eigenvalue weighted by Crippen LogP contribution is -2.48. The van der Waals surface area contributed by atoms with Crippen LogP contribution in [0, 0.1) is 0 Å². The van der Waals surface area contributed by atoms with Crippen LogP contribution in [0.5, 0.6) is 0 Å². The van der Waals surface area contributed by atoms with E-state index in [1.54, 1.807) is 16.4 Å². The van der Waals surface area contributed by atoms with E-state index in [1.165, 1.54) is 0 Å². The Morgan fingerprint density at radius 3 is 2.73 bits per heavy atom. The summed E-state index contributed by atoms with van der Waals surface area (Å²) in [6.45, 7) is 6.63. The van der Waals surface area contributed by atoms with E-state index in [4.69, 9.17) is 4.74 Å². The van der Waals surface area contributed by atoms with E-state index in [0.29, 0.717) is 30.5 Å². The molecule has 5 nitrogen and oxygen atoms in total. The maximum Gasteiger partial charge on any atom is 0.243 e. The first-order chi connectivity index (χ1) is 10.4. The Bertz CT molecular complexity index is 645. The number of fused-ring (bicyclic) bond motifs is 1. The molecule has 0 bridgehead atoms. The molecule has 6 heteroatoms. The topological polar surface area (TPSA) is 49.9 Å². The van der Waals surface area contributed by atoms with Crippen LogP contribution in [-0.4, -0.2) is 63.1 Å². The van der Waals surface area contributed by atoms with Crippen LogP contribution in [0.3, 0.4) is 0 Å². The zero-order valence-electron chi connectivity index (χ0n) is 13.4. The Kier molecular flexibility index (Phi) is 4.29. The molecular formula is C16H24N2O3S. The van der Waals surface area contributed by atoms with Crippen molar-refractivity contribution in [2.75, 3.05) is 33.3 Å². The van der Waals surface area contributed by atoms with E-state index in [2.05, 4.69) is 18.7 Å². The van der Waals surface area contributed by atoms with Gasteiger partial charge in [0.05, 0.1) is 23.6 Å². The van der Waals surface area contributed by atoms with Gasteiger partial charge in [0, 0.05) is 19.6 Å². The summed E-state index contributed by atoms with van der Waals surface area (Å²) in [5.74, 6) is 0.311. The van der Waals surface area contributed by atoms with Crippen molar-refractivity contribution in [1.82, 2.24) is 9.21 Å². The predicted molar refractivity (Wildman–Crippen MR) is 85.4 cm³/mol. The lowest BCUT2D eigenvalue weighted by molar-refractivity contribution is -0.0366. The van der Waals surface area contributed by atoms with Crippen LogP contribution in [0.2, 0.25) is 0 Å². The first-order valence-electron chi connectivity index (χ1n) is 7.81. The fourth-order valence-corrected chi connectivity index (χ4v) is 4.73. The highest BCUT2D eigenvalue weighted by Gasteiger charge is 2.43. The molecule has 0 amide bonds. The summed E-state index contributed by atoms with van der Waals surface area (Å²) in [4.78, 5) is 2.59. The fourth-order valence-electron chi connectivity index (χ4n) is 3.20. The van der Waals surface area contributed by atoms with Gasteiger partial charge in [0.2, 0.25) is 10.0 Å². The molecule has 0 spiro atoms. The van der Waals surface area contributed by atoms with Gasteiger partial charge in [-0.25, -0.2) is 8.42 Å². The number of rotatable bonds is 3. The Balaban J connectivity index is 1.86. The average molecular weight is 324 g/mol. The molecule has 1 aromatic carbocycles. The summed E-state index contributed by atoms with van der Waals surface area (Å²) < 4.78 is 33.1. The number of morpholine rings is 1. The molecule has 2 aliphatic heterocycles. The van der Waals surface area contributed by atoms with Crippen LogP contribution in [0.1, 0.15) is 25.3 Å².